The van der Waals surface area contributed by atoms with Crippen molar-refractivity contribution in [2.24, 2.45) is 15.9 Å². The highest BCUT2D eigenvalue weighted by Crippen LogP contribution is 2.45. The van der Waals surface area contributed by atoms with Crippen LogP contribution in [-0.2, 0) is 27.0 Å². The lowest BCUT2D eigenvalue weighted by Crippen LogP contribution is -2.49. The summed E-state index contributed by atoms with van der Waals surface area (Å²) in [6.45, 7) is 10.0. The zero-order valence-corrected chi connectivity index (χ0v) is 28.4. The smallest absolute Gasteiger partial charge is 0.259 e. The Bertz CT molecular complexity index is 1550. The summed E-state index contributed by atoms with van der Waals surface area (Å²) in [7, 11) is 0. The quantitative estimate of drug-likeness (QED) is 0.244. The van der Waals surface area contributed by atoms with Gasteiger partial charge in [0.25, 0.3) is 11.8 Å². The van der Waals surface area contributed by atoms with Crippen molar-refractivity contribution in [3.63, 3.8) is 0 Å². The summed E-state index contributed by atoms with van der Waals surface area (Å²) in [5.74, 6) is -0.165. The fourth-order valence-corrected chi connectivity index (χ4v) is 7.73. The summed E-state index contributed by atoms with van der Waals surface area (Å²) in [5.41, 5.74) is 2.21. The number of likely N-dealkylation sites (tertiary alicyclic amines) is 1. The minimum absolute atomic E-state index is 0.0203. The maximum absolute atomic E-state index is 13.0. The molecule has 48 heavy (non-hydrogen) atoms. The maximum Gasteiger partial charge on any atom is 0.259 e. The number of piperidine rings is 1. The van der Waals surface area contributed by atoms with E-state index < -0.39 is 10.8 Å². The molecule has 1 fully saturated rings. The van der Waals surface area contributed by atoms with Crippen LogP contribution in [0, 0.1) is 5.92 Å². The number of carbonyl (C=O) groups excluding carboxylic acids is 2. The molecule has 3 aromatic carbocycles. The molecule has 0 radical (unpaired) electrons. The van der Waals surface area contributed by atoms with Crippen molar-refractivity contribution >= 4 is 23.6 Å². The molecule has 3 aliphatic rings. The predicted molar refractivity (Wildman–Crippen MR) is 192 cm³/mol. The van der Waals surface area contributed by atoms with Gasteiger partial charge in [0.15, 0.2) is 11.8 Å². The molecule has 3 aliphatic heterocycles. The highest BCUT2D eigenvalue weighted by Gasteiger charge is 2.49. The van der Waals surface area contributed by atoms with Gasteiger partial charge < -0.3 is 15.1 Å². The van der Waals surface area contributed by atoms with Crippen LogP contribution >= 0.6 is 0 Å². The summed E-state index contributed by atoms with van der Waals surface area (Å²) < 4.78 is 0. The Morgan fingerprint density at radius 1 is 0.729 bits per heavy atom. The van der Waals surface area contributed by atoms with Gasteiger partial charge in [0.1, 0.15) is 0 Å². The molecule has 3 aromatic rings. The van der Waals surface area contributed by atoms with Gasteiger partial charge in [-0.1, -0.05) is 105 Å². The van der Waals surface area contributed by atoms with E-state index in [-0.39, 0.29) is 29.5 Å². The first-order valence-electron chi connectivity index (χ1n) is 17.5. The first-order chi connectivity index (χ1) is 23.3. The topological polar surface area (TPSA) is 106 Å². The van der Waals surface area contributed by atoms with Crippen LogP contribution in [0.3, 0.4) is 0 Å². The van der Waals surface area contributed by atoms with E-state index in [0.29, 0.717) is 25.7 Å². The van der Waals surface area contributed by atoms with Crippen LogP contribution in [0.25, 0.3) is 0 Å². The molecule has 6 rings (SSSR count). The van der Waals surface area contributed by atoms with E-state index >= 15 is 0 Å². The molecule has 1 unspecified atom stereocenters. The third-order valence-corrected chi connectivity index (χ3v) is 10.7. The first kappa shape index (κ1) is 35.2. The average Bonchev–Trinajstić information content (AvgIpc) is 3.12. The van der Waals surface area contributed by atoms with E-state index in [2.05, 4.69) is 57.9 Å². The first-order valence-corrected chi connectivity index (χ1v) is 17.5. The summed E-state index contributed by atoms with van der Waals surface area (Å²) in [6, 6.07) is 30.5. The number of rotatable bonds is 10. The zero-order valence-electron chi connectivity index (χ0n) is 28.4. The van der Waals surface area contributed by atoms with Crippen molar-refractivity contribution in [2.75, 3.05) is 32.7 Å². The van der Waals surface area contributed by atoms with Gasteiger partial charge in [0.05, 0.1) is 10.8 Å². The van der Waals surface area contributed by atoms with E-state index in [1.807, 2.05) is 66.7 Å². The van der Waals surface area contributed by atoms with E-state index in [9.17, 15) is 19.8 Å². The number of carbonyl (C=O) groups is 2. The Kier molecular flexibility index (Phi) is 12.0. The molecule has 1 saturated heterocycles. The normalized spacial score (nSPS) is 23.6. The van der Waals surface area contributed by atoms with Gasteiger partial charge in [-0.3, -0.25) is 14.5 Å². The van der Waals surface area contributed by atoms with Gasteiger partial charge in [-0.25, -0.2) is 0 Å². The molecule has 8 heteroatoms. The van der Waals surface area contributed by atoms with Crippen molar-refractivity contribution in [1.29, 1.82) is 0 Å². The van der Waals surface area contributed by atoms with E-state index in [0.717, 1.165) is 69.7 Å². The third kappa shape index (κ3) is 7.93. The Hall–Kier alpha value is -4.14. The Morgan fingerprint density at radius 3 is 1.79 bits per heavy atom. The number of nitrogens with zero attached hydrogens (tertiary/aromatic N) is 4. The number of aliphatic hydroxyl groups is 2. The number of benzene rings is 3. The van der Waals surface area contributed by atoms with Crippen molar-refractivity contribution in [3.05, 3.63) is 108 Å². The fourth-order valence-electron chi connectivity index (χ4n) is 7.73. The SMILES string of the molecule is CCN(CC)CCC1(c2ccccc2)CCC(O)=NC1=O.O=C1N=C(O)CC[C@@]1(c1ccccc1)C1CCN(Cc2ccccc2)CC1. The fraction of sp³-hybridized carbons (Fsp3) is 0.450. The molecule has 254 valence electrons. The van der Waals surface area contributed by atoms with Crippen LogP contribution in [-0.4, -0.2) is 76.3 Å². The van der Waals surface area contributed by atoms with E-state index in [1.165, 1.54) is 5.56 Å². The molecule has 2 amide bonds. The molecule has 0 spiro atoms. The van der Waals surface area contributed by atoms with Crippen LogP contribution in [0.2, 0.25) is 0 Å². The molecule has 0 bridgehead atoms. The van der Waals surface area contributed by atoms with Crippen molar-refractivity contribution < 1.29 is 19.8 Å². The Morgan fingerprint density at radius 2 is 1.25 bits per heavy atom. The third-order valence-electron chi connectivity index (χ3n) is 10.7. The second-order valence-electron chi connectivity index (χ2n) is 13.3. The van der Waals surface area contributed by atoms with Gasteiger partial charge >= 0.3 is 0 Å². The lowest BCUT2D eigenvalue weighted by atomic mass is 9.63. The standard InChI is InChI=1S/C23H26N2O2.C17H24N2O2/c26-21-11-14-23(22(27)24-21,19-9-5-2-6-10-19)20-12-15-25(16-13-20)17-18-7-3-1-4-8-18;1-3-19(4-2)13-12-17(14-8-6-5-7-9-14)11-10-15(20)18-16(17)21/h1-10,20H,11-17H2,(H,24,26,27);5-9H,3-4,10-13H2,1-2H3,(H,18,20,21)/t23-;/m1./s1. The van der Waals surface area contributed by atoms with Crippen molar-refractivity contribution in [2.45, 2.75) is 76.2 Å². The molecule has 3 heterocycles. The lowest BCUT2D eigenvalue weighted by Gasteiger charge is -2.44. The summed E-state index contributed by atoms with van der Waals surface area (Å²) in [5, 5.41) is 19.3. The minimum atomic E-state index is -0.591. The average molecular weight is 651 g/mol. The highest BCUT2D eigenvalue weighted by molar-refractivity contribution is 6.00. The second-order valence-corrected chi connectivity index (χ2v) is 13.3. The largest absolute Gasteiger partial charge is 0.496 e. The number of aliphatic imine (C=N–C) groups is 2. The van der Waals surface area contributed by atoms with Crippen LogP contribution in [0.1, 0.15) is 75.5 Å². The number of hydrogen-bond donors (Lipinski definition) is 2. The molecule has 0 aromatic heterocycles. The van der Waals surface area contributed by atoms with Crippen molar-refractivity contribution in [3.8, 4) is 0 Å². The Labute approximate surface area is 285 Å². The van der Waals surface area contributed by atoms with E-state index in [4.69, 9.17) is 0 Å². The summed E-state index contributed by atoms with van der Waals surface area (Å²) in [4.78, 5) is 38.2. The molecule has 8 nitrogen and oxygen atoms in total. The van der Waals surface area contributed by atoms with Crippen LogP contribution in [0.4, 0.5) is 0 Å². The molecular weight excluding hydrogens is 600 g/mol. The van der Waals surface area contributed by atoms with Gasteiger partial charge in [0, 0.05) is 19.4 Å². The minimum Gasteiger partial charge on any atom is -0.496 e. The van der Waals surface area contributed by atoms with E-state index in [1.54, 1.807) is 0 Å². The maximum atomic E-state index is 13.0. The van der Waals surface area contributed by atoms with Gasteiger partial charge in [-0.2, -0.15) is 9.98 Å². The Balaban J connectivity index is 0.000000194. The monoisotopic (exact) mass is 650 g/mol. The molecule has 2 atom stereocenters. The molecule has 0 saturated carbocycles. The van der Waals surface area contributed by atoms with Gasteiger partial charge in [-0.05, 0) is 87.4 Å². The predicted octanol–water partition coefficient (Wildman–Crippen LogP) is 7.05. The highest BCUT2D eigenvalue weighted by atomic mass is 16.3. The van der Waals surface area contributed by atoms with Gasteiger partial charge in [0.2, 0.25) is 0 Å². The molecule has 0 aliphatic carbocycles. The summed E-state index contributed by atoms with van der Waals surface area (Å²) >= 11 is 0. The zero-order chi connectivity index (χ0) is 34.0. The van der Waals surface area contributed by atoms with Crippen LogP contribution < -0.4 is 0 Å². The van der Waals surface area contributed by atoms with Crippen molar-refractivity contribution in [1.82, 2.24) is 9.80 Å². The van der Waals surface area contributed by atoms with Crippen LogP contribution in [0.15, 0.2) is 101 Å². The second kappa shape index (κ2) is 16.3. The molecular formula is C40H50N4O4. The number of aliphatic hydroxyl groups excluding tert-OH is 2. The number of amides is 2. The van der Waals surface area contributed by atoms with Crippen LogP contribution in [0.5, 0.6) is 0 Å². The lowest BCUT2D eigenvalue weighted by molar-refractivity contribution is -0.127. The molecule has 2 N–H and O–H groups in total. The summed E-state index contributed by atoms with van der Waals surface area (Å²) in [6.07, 6.45) is 4.92. The number of hydrogen-bond acceptors (Lipinski definition) is 4. The van der Waals surface area contributed by atoms with Gasteiger partial charge in [-0.15, -0.1) is 0 Å².